The van der Waals surface area contributed by atoms with Crippen LogP contribution in [0.1, 0.15) is 30.9 Å². The van der Waals surface area contributed by atoms with E-state index in [1.807, 2.05) is 18.2 Å². The second kappa shape index (κ2) is 6.28. The summed E-state index contributed by atoms with van der Waals surface area (Å²) in [5, 5.41) is 8.65. The van der Waals surface area contributed by atoms with Crippen LogP contribution in [0.25, 0.3) is 0 Å². The Labute approximate surface area is 96.3 Å². The lowest BCUT2D eigenvalue weighted by Gasteiger charge is -2.12. The van der Waals surface area contributed by atoms with Crippen LogP contribution in [0.5, 0.6) is 0 Å². The fraction of sp³-hybridized carbons (Fsp3) is 0.462. The van der Waals surface area contributed by atoms with E-state index in [9.17, 15) is 4.79 Å². The van der Waals surface area contributed by atoms with Crippen molar-refractivity contribution in [3.63, 3.8) is 0 Å². The Hall–Kier alpha value is -1.35. The van der Waals surface area contributed by atoms with E-state index in [1.54, 1.807) is 0 Å². The number of hydrogen-bond acceptors (Lipinski definition) is 2. The Morgan fingerprint density at radius 1 is 1.38 bits per heavy atom. The van der Waals surface area contributed by atoms with Gasteiger partial charge in [-0.05, 0) is 24.0 Å². The number of nitrogens with two attached hydrogens (primary N) is 1. The second-order valence-corrected chi connectivity index (χ2v) is 4.08. The topological polar surface area (TPSA) is 63.3 Å². The Morgan fingerprint density at radius 3 is 2.56 bits per heavy atom. The highest BCUT2D eigenvalue weighted by Gasteiger charge is 2.10. The van der Waals surface area contributed by atoms with Gasteiger partial charge < -0.3 is 10.8 Å². The van der Waals surface area contributed by atoms with Crippen molar-refractivity contribution in [3.05, 3.63) is 35.4 Å². The lowest BCUT2D eigenvalue weighted by molar-refractivity contribution is -0.137. The minimum absolute atomic E-state index is 0.0282. The molecule has 1 rings (SSSR count). The Morgan fingerprint density at radius 2 is 2.00 bits per heavy atom. The van der Waals surface area contributed by atoms with E-state index >= 15 is 0 Å². The molecule has 0 aliphatic heterocycles. The number of hydrogen-bond donors (Lipinski definition) is 2. The van der Waals surface area contributed by atoms with Gasteiger partial charge >= 0.3 is 5.97 Å². The standard InChI is InChI=1S/C13H19NO2/c1-2-5-10-6-3-4-7-11(10)8-12(14)9-13(15)16/h3-4,6-7,12H,2,5,8-9,14H2,1H3,(H,15,16)/t12-/m0/s1. The van der Waals surface area contributed by atoms with Crippen molar-refractivity contribution in [2.75, 3.05) is 0 Å². The van der Waals surface area contributed by atoms with Gasteiger partial charge in [0.1, 0.15) is 0 Å². The third-order valence-electron chi connectivity index (χ3n) is 2.56. The van der Waals surface area contributed by atoms with Gasteiger partial charge in [0.2, 0.25) is 0 Å². The molecule has 0 unspecified atom stereocenters. The Balaban J connectivity index is 2.68. The van der Waals surface area contributed by atoms with Crippen molar-refractivity contribution in [2.24, 2.45) is 5.73 Å². The van der Waals surface area contributed by atoms with Crippen LogP contribution in [-0.2, 0) is 17.6 Å². The maximum Gasteiger partial charge on any atom is 0.304 e. The molecule has 0 aromatic heterocycles. The van der Waals surface area contributed by atoms with Gasteiger partial charge in [0.05, 0.1) is 6.42 Å². The maximum atomic E-state index is 10.5. The van der Waals surface area contributed by atoms with E-state index in [1.165, 1.54) is 11.1 Å². The van der Waals surface area contributed by atoms with Gasteiger partial charge in [0.25, 0.3) is 0 Å². The molecule has 1 aromatic rings. The Kier molecular flexibility index (Phi) is 4.99. The fourth-order valence-electron chi connectivity index (χ4n) is 1.85. The minimum atomic E-state index is -0.833. The number of benzene rings is 1. The normalized spacial score (nSPS) is 12.4. The highest BCUT2D eigenvalue weighted by atomic mass is 16.4. The van der Waals surface area contributed by atoms with Crippen molar-refractivity contribution < 1.29 is 9.90 Å². The summed E-state index contributed by atoms with van der Waals surface area (Å²) >= 11 is 0. The van der Waals surface area contributed by atoms with E-state index in [0.29, 0.717) is 6.42 Å². The van der Waals surface area contributed by atoms with Crippen molar-refractivity contribution in [2.45, 2.75) is 38.6 Å². The number of aliphatic carboxylic acids is 1. The molecule has 0 saturated heterocycles. The summed E-state index contributed by atoms with van der Waals surface area (Å²) in [6.45, 7) is 2.13. The summed E-state index contributed by atoms with van der Waals surface area (Å²) < 4.78 is 0. The van der Waals surface area contributed by atoms with E-state index in [0.717, 1.165) is 12.8 Å². The maximum absolute atomic E-state index is 10.5. The smallest absolute Gasteiger partial charge is 0.304 e. The molecule has 88 valence electrons. The van der Waals surface area contributed by atoms with Gasteiger partial charge in [-0.25, -0.2) is 0 Å². The summed E-state index contributed by atoms with van der Waals surface area (Å²) in [5.41, 5.74) is 8.25. The molecule has 16 heavy (non-hydrogen) atoms. The van der Waals surface area contributed by atoms with Crippen LogP contribution < -0.4 is 5.73 Å². The van der Waals surface area contributed by atoms with E-state index in [2.05, 4.69) is 13.0 Å². The SMILES string of the molecule is CCCc1ccccc1C[C@H](N)CC(=O)O. The molecule has 3 nitrogen and oxygen atoms in total. The summed E-state index contributed by atoms with van der Waals surface area (Å²) in [5.74, 6) is -0.833. The molecule has 0 amide bonds. The average Bonchev–Trinajstić information content (AvgIpc) is 2.20. The van der Waals surface area contributed by atoms with Crippen LogP contribution >= 0.6 is 0 Å². The minimum Gasteiger partial charge on any atom is -0.481 e. The van der Waals surface area contributed by atoms with Gasteiger partial charge in [-0.3, -0.25) is 4.79 Å². The fourth-order valence-corrected chi connectivity index (χ4v) is 1.85. The van der Waals surface area contributed by atoms with E-state index in [-0.39, 0.29) is 12.5 Å². The van der Waals surface area contributed by atoms with Crippen LogP contribution in [0.2, 0.25) is 0 Å². The van der Waals surface area contributed by atoms with Crippen molar-refractivity contribution in [1.29, 1.82) is 0 Å². The largest absolute Gasteiger partial charge is 0.481 e. The summed E-state index contributed by atoms with van der Waals surface area (Å²) in [6.07, 6.45) is 2.78. The molecule has 0 spiro atoms. The molecule has 0 aliphatic rings. The van der Waals surface area contributed by atoms with Crippen LogP contribution in [0.15, 0.2) is 24.3 Å². The molecular formula is C13H19NO2. The number of carboxylic acid groups (broad SMARTS) is 1. The first-order valence-corrected chi connectivity index (χ1v) is 5.67. The van der Waals surface area contributed by atoms with Crippen molar-refractivity contribution >= 4 is 5.97 Å². The zero-order valence-corrected chi connectivity index (χ0v) is 9.65. The summed E-state index contributed by atoms with van der Waals surface area (Å²) in [6, 6.07) is 7.81. The lowest BCUT2D eigenvalue weighted by Crippen LogP contribution is -2.26. The Bertz CT molecular complexity index is 350. The first-order chi connectivity index (χ1) is 7.63. The van der Waals surface area contributed by atoms with Gasteiger partial charge in [-0.1, -0.05) is 37.6 Å². The molecule has 1 atom stereocenters. The number of aryl methyl sites for hydroxylation is 1. The third-order valence-corrected chi connectivity index (χ3v) is 2.56. The molecule has 1 aromatic carbocycles. The summed E-state index contributed by atoms with van der Waals surface area (Å²) in [7, 11) is 0. The number of rotatable bonds is 6. The highest BCUT2D eigenvalue weighted by Crippen LogP contribution is 2.13. The van der Waals surface area contributed by atoms with Crippen LogP contribution in [-0.4, -0.2) is 17.1 Å². The monoisotopic (exact) mass is 221 g/mol. The van der Waals surface area contributed by atoms with Gasteiger partial charge in [-0.2, -0.15) is 0 Å². The number of carboxylic acids is 1. The molecule has 0 fully saturated rings. The van der Waals surface area contributed by atoms with E-state index in [4.69, 9.17) is 10.8 Å². The van der Waals surface area contributed by atoms with Crippen LogP contribution in [0.3, 0.4) is 0 Å². The van der Waals surface area contributed by atoms with E-state index < -0.39 is 5.97 Å². The zero-order valence-electron chi connectivity index (χ0n) is 9.65. The first-order valence-electron chi connectivity index (χ1n) is 5.67. The van der Waals surface area contributed by atoms with Gasteiger partial charge in [0.15, 0.2) is 0 Å². The number of carbonyl (C=O) groups is 1. The van der Waals surface area contributed by atoms with Crippen LogP contribution in [0.4, 0.5) is 0 Å². The zero-order chi connectivity index (χ0) is 12.0. The second-order valence-electron chi connectivity index (χ2n) is 4.08. The average molecular weight is 221 g/mol. The molecular weight excluding hydrogens is 202 g/mol. The van der Waals surface area contributed by atoms with Gasteiger partial charge in [-0.15, -0.1) is 0 Å². The summed E-state index contributed by atoms with van der Waals surface area (Å²) in [4.78, 5) is 10.5. The molecule has 3 N–H and O–H groups in total. The quantitative estimate of drug-likeness (QED) is 0.772. The molecule has 3 heteroatoms. The molecule has 0 saturated carbocycles. The first kappa shape index (κ1) is 12.7. The predicted octanol–water partition coefficient (Wildman–Crippen LogP) is 1.98. The van der Waals surface area contributed by atoms with Crippen molar-refractivity contribution in [1.82, 2.24) is 0 Å². The molecule has 0 aliphatic carbocycles. The molecule has 0 bridgehead atoms. The third kappa shape index (κ3) is 4.03. The van der Waals surface area contributed by atoms with Crippen LogP contribution in [0, 0.1) is 0 Å². The molecule has 0 radical (unpaired) electrons. The molecule has 0 heterocycles. The lowest BCUT2D eigenvalue weighted by atomic mass is 9.96. The van der Waals surface area contributed by atoms with Crippen molar-refractivity contribution in [3.8, 4) is 0 Å². The van der Waals surface area contributed by atoms with Gasteiger partial charge in [0, 0.05) is 6.04 Å². The predicted molar refractivity (Wildman–Crippen MR) is 64.4 cm³/mol. The highest BCUT2D eigenvalue weighted by molar-refractivity contribution is 5.67.